The Labute approximate surface area is 152 Å². The molecule has 8 nitrogen and oxygen atoms in total. The van der Waals surface area contributed by atoms with Crippen molar-refractivity contribution in [1.82, 2.24) is 9.97 Å². The van der Waals surface area contributed by atoms with Crippen molar-refractivity contribution in [3.8, 4) is 34.9 Å². The van der Waals surface area contributed by atoms with Crippen molar-refractivity contribution >= 4 is 34.4 Å². The summed E-state index contributed by atoms with van der Waals surface area (Å²) in [5.41, 5.74) is 12.4. The molecule has 0 saturated heterocycles. The van der Waals surface area contributed by atoms with E-state index in [9.17, 15) is 5.26 Å². The van der Waals surface area contributed by atoms with Crippen LogP contribution in [0, 0.1) is 26.2 Å². The van der Waals surface area contributed by atoms with E-state index in [-0.39, 0.29) is 23.9 Å². The van der Waals surface area contributed by atoms with Gasteiger partial charge in [0.1, 0.15) is 23.5 Å². The van der Waals surface area contributed by atoms with Crippen molar-refractivity contribution in [3.63, 3.8) is 0 Å². The number of aromatic nitrogens is 2. The maximum absolute atomic E-state index is 9.32. The number of nitriles is 2. The van der Waals surface area contributed by atoms with Crippen LogP contribution in [-0.2, 0) is 0 Å². The van der Waals surface area contributed by atoms with Gasteiger partial charge in [0.15, 0.2) is 18.1 Å². The summed E-state index contributed by atoms with van der Waals surface area (Å²) >= 11 is 2.06. The first kappa shape index (κ1) is 17.6. The van der Waals surface area contributed by atoms with E-state index in [1.807, 2.05) is 19.1 Å². The zero-order valence-corrected chi connectivity index (χ0v) is 14.9. The van der Waals surface area contributed by atoms with Gasteiger partial charge in [-0.05, 0) is 41.6 Å². The monoisotopic (exact) mass is 436 g/mol. The van der Waals surface area contributed by atoms with Crippen LogP contribution in [0.1, 0.15) is 12.5 Å². The van der Waals surface area contributed by atoms with Gasteiger partial charge in [0, 0.05) is 5.56 Å². The fourth-order valence-corrected chi connectivity index (χ4v) is 2.78. The van der Waals surface area contributed by atoms with E-state index in [1.165, 1.54) is 0 Å². The van der Waals surface area contributed by atoms with E-state index in [4.69, 9.17) is 26.2 Å². The van der Waals surface area contributed by atoms with Crippen molar-refractivity contribution in [2.45, 2.75) is 6.92 Å². The third-order valence-corrected chi connectivity index (χ3v) is 3.73. The van der Waals surface area contributed by atoms with Crippen LogP contribution in [-0.4, -0.2) is 23.2 Å². The first-order valence-electron chi connectivity index (χ1n) is 6.81. The van der Waals surface area contributed by atoms with Gasteiger partial charge in [-0.2, -0.15) is 15.5 Å². The molecule has 0 unspecified atom stereocenters. The quantitative estimate of drug-likeness (QED) is 0.678. The van der Waals surface area contributed by atoms with Crippen molar-refractivity contribution in [2.75, 3.05) is 24.7 Å². The van der Waals surface area contributed by atoms with Crippen molar-refractivity contribution in [1.29, 1.82) is 10.5 Å². The largest absolute Gasteiger partial charge is 0.490 e. The summed E-state index contributed by atoms with van der Waals surface area (Å²) in [6, 6.07) is 7.32. The summed E-state index contributed by atoms with van der Waals surface area (Å²) in [7, 11) is 0. The molecule has 4 N–H and O–H groups in total. The molecule has 0 atom stereocenters. The molecule has 0 fully saturated rings. The number of nitrogens with zero attached hydrogens (tertiary/aromatic N) is 4. The third kappa shape index (κ3) is 3.58. The number of rotatable bonds is 5. The van der Waals surface area contributed by atoms with Crippen LogP contribution in [0.2, 0.25) is 0 Å². The smallest absolute Gasteiger partial charge is 0.222 e. The summed E-state index contributed by atoms with van der Waals surface area (Å²) in [5.74, 6) is 0.877. The highest BCUT2D eigenvalue weighted by Gasteiger charge is 2.18. The summed E-state index contributed by atoms with van der Waals surface area (Å²) < 4.78 is 11.7. The van der Waals surface area contributed by atoms with Crippen LogP contribution < -0.4 is 20.9 Å². The molecule has 0 aliphatic heterocycles. The molecule has 0 aliphatic rings. The van der Waals surface area contributed by atoms with Gasteiger partial charge < -0.3 is 20.9 Å². The summed E-state index contributed by atoms with van der Waals surface area (Å²) in [5, 5.41) is 18.0. The van der Waals surface area contributed by atoms with Crippen molar-refractivity contribution < 1.29 is 9.47 Å². The number of benzene rings is 1. The number of halogens is 1. The predicted molar refractivity (Wildman–Crippen MR) is 96.0 cm³/mol. The molecule has 0 radical (unpaired) electrons. The molecule has 0 spiro atoms. The van der Waals surface area contributed by atoms with Gasteiger partial charge in [-0.3, -0.25) is 0 Å². The SMILES string of the molecule is CCOc1cc(-c2nc(N)nc(N)c2C#N)cc(I)c1OCC#N. The van der Waals surface area contributed by atoms with Crippen LogP contribution in [0.25, 0.3) is 11.3 Å². The Morgan fingerprint density at radius 3 is 2.58 bits per heavy atom. The minimum atomic E-state index is -0.105. The molecule has 9 heteroatoms. The van der Waals surface area contributed by atoms with E-state index in [2.05, 4.69) is 32.6 Å². The number of anilines is 2. The number of ether oxygens (including phenoxy) is 2. The second kappa shape index (κ2) is 7.66. The molecule has 0 amide bonds. The Hall–Kier alpha value is -2.79. The van der Waals surface area contributed by atoms with Gasteiger partial charge in [-0.15, -0.1) is 0 Å². The van der Waals surface area contributed by atoms with Crippen LogP contribution in [0.4, 0.5) is 11.8 Å². The second-order valence-electron chi connectivity index (χ2n) is 4.47. The first-order chi connectivity index (χ1) is 11.5. The third-order valence-electron chi connectivity index (χ3n) is 2.93. The second-order valence-corrected chi connectivity index (χ2v) is 5.63. The Kier molecular flexibility index (Phi) is 5.60. The molecule has 2 rings (SSSR count). The number of hydrogen-bond acceptors (Lipinski definition) is 8. The highest BCUT2D eigenvalue weighted by molar-refractivity contribution is 14.1. The van der Waals surface area contributed by atoms with Crippen LogP contribution >= 0.6 is 22.6 Å². The minimum Gasteiger partial charge on any atom is -0.490 e. The van der Waals surface area contributed by atoms with E-state index in [1.54, 1.807) is 12.1 Å². The van der Waals surface area contributed by atoms with Crippen molar-refractivity contribution in [2.24, 2.45) is 0 Å². The van der Waals surface area contributed by atoms with Crippen LogP contribution in [0.15, 0.2) is 12.1 Å². The van der Waals surface area contributed by atoms with Gasteiger partial charge in [0.05, 0.1) is 15.9 Å². The maximum Gasteiger partial charge on any atom is 0.222 e. The highest BCUT2D eigenvalue weighted by atomic mass is 127. The average Bonchev–Trinajstić information content (AvgIpc) is 2.53. The highest BCUT2D eigenvalue weighted by Crippen LogP contribution is 2.38. The lowest BCUT2D eigenvalue weighted by molar-refractivity contribution is 0.297. The number of nitrogens with two attached hydrogens (primary N) is 2. The van der Waals surface area contributed by atoms with E-state index in [0.717, 1.165) is 0 Å². The average molecular weight is 436 g/mol. The standard InChI is InChI=1S/C15H13IN6O2/c1-2-23-11-6-8(5-10(16)13(11)24-4-3-17)12-9(7-18)14(19)22-15(20)21-12/h5-6H,2,4H2,1H3,(H4,19,20,21,22). The zero-order valence-electron chi connectivity index (χ0n) is 12.7. The van der Waals surface area contributed by atoms with Crippen LogP contribution in [0.5, 0.6) is 11.5 Å². The van der Waals surface area contributed by atoms with E-state index in [0.29, 0.717) is 32.9 Å². The molecular formula is C15H13IN6O2. The molecule has 122 valence electrons. The van der Waals surface area contributed by atoms with Gasteiger partial charge in [0.2, 0.25) is 5.95 Å². The molecule has 1 aromatic carbocycles. The minimum absolute atomic E-state index is 0.0118. The van der Waals surface area contributed by atoms with Gasteiger partial charge in [-0.1, -0.05) is 0 Å². The van der Waals surface area contributed by atoms with Gasteiger partial charge in [-0.25, -0.2) is 4.98 Å². The molecule has 24 heavy (non-hydrogen) atoms. The Morgan fingerprint density at radius 1 is 1.21 bits per heavy atom. The molecule has 2 aromatic rings. The van der Waals surface area contributed by atoms with Crippen LogP contribution in [0.3, 0.4) is 0 Å². The normalized spacial score (nSPS) is 9.83. The summed E-state index contributed by atoms with van der Waals surface area (Å²) in [4.78, 5) is 7.92. The lowest BCUT2D eigenvalue weighted by Gasteiger charge is -2.14. The Morgan fingerprint density at radius 2 is 1.96 bits per heavy atom. The summed E-state index contributed by atoms with van der Waals surface area (Å²) in [6.07, 6.45) is 0. The lowest BCUT2D eigenvalue weighted by atomic mass is 10.1. The summed E-state index contributed by atoms with van der Waals surface area (Å²) in [6.45, 7) is 2.13. The van der Waals surface area contributed by atoms with Crippen molar-refractivity contribution in [3.05, 3.63) is 21.3 Å². The van der Waals surface area contributed by atoms with Gasteiger partial charge in [0.25, 0.3) is 0 Å². The van der Waals surface area contributed by atoms with E-state index < -0.39 is 0 Å². The zero-order chi connectivity index (χ0) is 17.7. The van der Waals surface area contributed by atoms with E-state index >= 15 is 0 Å². The molecule has 0 saturated carbocycles. The first-order valence-corrected chi connectivity index (χ1v) is 7.89. The molecule has 0 aliphatic carbocycles. The predicted octanol–water partition coefficient (Wildman–Crippen LogP) is 2.09. The van der Waals surface area contributed by atoms with Gasteiger partial charge >= 0.3 is 0 Å². The Balaban J connectivity index is 2.65. The molecule has 1 aromatic heterocycles. The maximum atomic E-state index is 9.32. The number of nitrogen functional groups attached to an aromatic ring is 2. The fourth-order valence-electron chi connectivity index (χ4n) is 2.03. The molecular weight excluding hydrogens is 423 g/mol. The molecule has 1 heterocycles. The Bertz CT molecular complexity index is 857. The lowest BCUT2D eigenvalue weighted by Crippen LogP contribution is -2.06. The molecule has 0 bridgehead atoms. The number of hydrogen-bond donors (Lipinski definition) is 2. The fraction of sp³-hybridized carbons (Fsp3) is 0.200. The topological polar surface area (TPSA) is 144 Å².